The maximum absolute atomic E-state index is 13.9. The molecule has 2 N–H and O–H groups in total. The summed E-state index contributed by atoms with van der Waals surface area (Å²) >= 11 is 0. The number of carbonyl (C=O) groups is 1. The third-order valence-electron chi connectivity index (χ3n) is 7.72. The second-order valence-electron chi connectivity index (χ2n) is 12.3. The van der Waals surface area contributed by atoms with Crippen molar-refractivity contribution in [2.24, 2.45) is 0 Å². The van der Waals surface area contributed by atoms with Gasteiger partial charge in [-0.15, -0.1) is 0 Å². The number of carbonyl (C=O) groups excluding carboxylic acids is 1. The molecule has 0 bridgehead atoms. The van der Waals surface area contributed by atoms with Crippen LogP contribution in [-0.2, 0) is 18.0 Å². The number of fused-ring (bicyclic) bond motifs is 1. The summed E-state index contributed by atoms with van der Waals surface area (Å²) in [5, 5.41) is 0.651. The smallest absolute Gasteiger partial charge is 0.306 e. The minimum Gasteiger partial charge on any atom is -0.507 e. The van der Waals surface area contributed by atoms with Gasteiger partial charge in [0.05, 0.1) is 24.8 Å². The normalized spacial score (nSPS) is 12.1. The van der Waals surface area contributed by atoms with Crippen LogP contribution in [0.4, 0.5) is 10.1 Å². The molecular weight excluding hydrogens is 600 g/mol. The molecule has 0 spiro atoms. The predicted molar refractivity (Wildman–Crippen MR) is 182 cm³/mol. The van der Waals surface area contributed by atoms with Gasteiger partial charge in [0.2, 0.25) is 5.69 Å². The molecule has 11 heteroatoms. The first-order valence-electron chi connectivity index (χ1n) is 15.2. The molecule has 9 nitrogen and oxygen atoms in total. The number of nitrogens with zero attached hydrogens (tertiary/aromatic N) is 4. The van der Waals surface area contributed by atoms with Crippen molar-refractivity contribution in [3.05, 3.63) is 118 Å². The predicted octanol–water partition coefficient (Wildman–Crippen LogP) is 7.32. The Balaban J connectivity index is 1.52. The molecule has 0 aliphatic heterocycles. The molecule has 0 saturated heterocycles. The van der Waals surface area contributed by atoms with Crippen LogP contribution in [0.15, 0.2) is 66.7 Å². The van der Waals surface area contributed by atoms with E-state index in [2.05, 4.69) is 40.2 Å². The van der Waals surface area contributed by atoms with Gasteiger partial charge >= 0.3 is 6.17 Å². The summed E-state index contributed by atoms with van der Waals surface area (Å²) in [7, 11) is 0.205. The number of methoxy groups -OCH3 is 1. The molecule has 0 aliphatic rings. The van der Waals surface area contributed by atoms with Gasteiger partial charge in [0.1, 0.15) is 24.0 Å². The van der Waals surface area contributed by atoms with Gasteiger partial charge in [0.15, 0.2) is 0 Å². The second-order valence-corrected chi connectivity index (χ2v) is 17.9. The van der Waals surface area contributed by atoms with Crippen molar-refractivity contribution >= 4 is 30.6 Å². The summed E-state index contributed by atoms with van der Waals surface area (Å²) in [6.45, 7) is 26.2. The highest BCUT2D eigenvalue weighted by Crippen LogP contribution is 2.37. The molecule has 1 heterocycles. The molecule has 4 aromatic rings. The first-order chi connectivity index (χ1) is 22.1. The number of halogens is 1. The van der Waals surface area contributed by atoms with Crippen LogP contribution >= 0.6 is 0 Å². The zero-order valence-corrected chi connectivity index (χ0v) is 28.1. The third kappa shape index (κ3) is 8.59. The molecule has 46 heavy (non-hydrogen) atoms. The first kappa shape index (κ1) is 34.4. The van der Waals surface area contributed by atoms with E-state index >= 15 is 0 Å². The molecule has 0 fully saturated rings. The number of rotatable bonds is 15. The highest BCUT2D eigenvalue weighted by molar-refractivity contribution is 6.76. The van der Waals surface area contributed by atoms with Crippen LogP contribution in [-0.4, -0.2) is 50.3 Å². The molecule has 3 aromatic carbocycles. The Labute approximate surface area is 271 Å². The van der Waals surface area contributed by atoms with Crippen molar-refractivity contribution in [1.29, 1.82) is 0 Å². The van der Waals surface area contributed by atoms with Gasteiger partial charge < -0.3 is 14.0 Å². The summed E-state index contributed by atoms with van der Waals surface area (Å²) in [5.74, 6) is -0.305. The molecule has 0 saturated carbocycles. The lowest BCUT2D eigenvalue weighted by Crippen LogP contribution is -2.43. The fourth-order valence-electron chi connectivity index (χ4n) is 5.25. The standard InChI is InChI=1S/C35H41FN6O3Si/c1-25-21-27(36)13-14-28(25)34(38-3)41(23-26-11-9-8-10-12-26)18-17-39-40-35(43)32-22-29-31(16-15-30(37-2)33(29)44-4)42(32)24-45-19-20-46(5,6)7/h8-16,21-22,34,39H,17-20,23-24H2,1,4-7H3,(H,40,43). The van der Waals surface area contributed by atoms with Crippen molar-refractivity contribution in [2.75, 3.05) is 26.8 Å². The van der Waals surface area contributed by atoms with E-state index in [9.17, 15) is 9.18 Å². The summed E-state index contributed by atoms with van der Waals surface area (Å²) in [5.41, 5.74) is 9.76. The lowest BCUT2D eigenvalue weighted by molar-refractivity contribution is 0.0800. The molecule has 0 aliphatic carbocycles. The van der Waals surface area contributed by atoms with Crippen molar-refractivity contribution < 1.29 is 18.7 Å². The number of aryl methyl sites for hydroxylation is 1. The average Bonchev–Trinajstić information content (AvgIpc) is 3.40. The van der Waals surface area contributed by atoms with Crippen molar-refractivity contribution in [1.82, 2.24) is 20.3 Å². The molecule has 1 atom stereocenters. The van der Waals surface area contributed by atoms with Gasteiger partial charge in [-0.1, -0.05) is 56.0 Å². The van der Waals surface area contributed by atoms with Crippen molar-refractivity contribution in [3.63, 3.8) is 0 Å². The maximum atomic E-state index is 13.9. The summed E-state index contributed by atoms with van der Waals surface area (Å²) < 4.78 is 27.3. The summed E-state index contributed by atoms with van der Waals surface area (Å²) in [6.07, 6.45) is -0.641. The van der Waals surface area contributed by atoms with Crippen LogP contribution in [0.25, 0.3) is 20.6 Å². The van der Waals surface area contributed by atoms with E-state index in [1.54, 1.807) is 35.8 Å². The van der Waals surface area contributed by atoms with E-state index in [0.717, 1.165) is 22.7 Å². The summed E-state index contributed by atoms with van der Waals surface area (Å²) in [4.78, 5) is 23.0. The molecule has 240 valence electrons. The quantitative estimate of drug-likeness (QED) is 0.0617. The number of amides is 1. The maximum Gasteiger partial charge on any atom is 0.306 e. The van der Waals surface area contributed by atoms with Gasteiger partial charge in [0.25, 0.3) is 5.91 Å². The average molecular weight is 641 g/mol. The van der Waals surface area contributed by atoms with Gasteiger partial charge in [-0.3, -0.25) is 15.1 Å². The van der Waals surface area contributed by atoms with Crippen LogP contribution in [0.3, 0.4) is 0 Å². The van der Waals surface area contributed by atoms with Gasteiger partial charge in [-0.2, -0.15) is 0 Å². The molecular formula is C35H41FN6O3Si. The first-order valence-corrected chi connectivity index (χ1v) is 18.9. The van der Waals surface area contributed by atoms with E-state index in [0.29, 0.717) is 54.3 Å². The van der Waals surface area contributed by atoms with Crippen LogP contribution in [0.5, 0.6) is 5.75 Å². The Bertz CT molecular complexity index is 1740. The third-order valence-corrected chi connectivity index (χ3v) is 9.43. The number of ether oxygens (including phenoxy) is 2. The highest BCUT2D eigenvalue weighted by Gasteiger charge is 2.27. The number of hydrogen-bond donors (Lipinski definition) is 2. The summed E-state index contributed by atoms with van der Waals surface area (Å²) in [6, 6.07) is 20.5. The minimum absolute atomic E-state index is 0.172. The molecule has 1 amide bonds. The SMILES string of the molecule is [C-]#[N+]c1ccc2c(cc(C(=O)NNCCN(Cc3ccccc3)C([N+]#[C-])c3ccc(F)cc3C)n2COCC[Si](C)(C)C)c1OC. The van der Waals surface area contributed by atoms with E-state index < -0.39 is 14.2 Å². The minimum atomic E-state index is -1.31. The number of hydrogen-bond acceptors (Lipinski definition) is 5. The lowest BCUT2D eigenvalue weighted by atomic mass is 10.0. The second kappa shape index (κ2) is 15.7. The molecule has 1 unspecified atom stereocenters. The Morgan fingerprint density at radius 1 is 1.09 bits per heavy atom. The van der Waals surface area contributed by atoms with Crippen molar-refractivity contribution in [2.45, 2.75) is 52.1 Å². The Morgan fingerprint density at radius 3 is 2.50 bits per heavy atom. The van der Waals surface area contributed by atoms with Gasteiger partial charge in [0, 0.05) is 39.7 Å². The van der Waals surface area contributed by atoms with Crippen LogP contribution in [0.1, 0.15) is 33.3 Å². The monoisotopic (exact) mass is 640 g/mol. The topological polar surface area (TPSA) is 76.5 Å². The van der Waals surface area contributed by atoms with E-state index in [1.165, 1.54) is 19.2 Å². The van der Waals surface area contributed by atoms with Gasteiger partial charge in [-0.25, -0.2) is 26.1 Å². The zero-order valence-electron chi connectivity index (χ0n) is 27.1. The molecule has 4 rings (SSSR count). The fourth-order valence-corrected chi connectivity index (χ4v) is 6.01. The number of hydrazine groups is 1. The lowest BCUT2D eigenvalue weighted by Gasteiger charge is -2.25. The molecule has 1 aromatic heterocycles. The number of benzene rings is 3. The largest absolute Gasteiger partial charge is 0.507 e. The van der Waals surface area contributed by atoms with Gasteiger partial charge in [-0.05, 0) is 54.4 Å². The van der Waals surface area contributed by atoms with E-state index in [1.807, 2.05) is 35.2 Å². The zero-order chi connectivity index (χ0) is 33.3. The Hall–Kier alpha value is -4.52. The van der Waals surface area contributed by atoms with Crippen LogP contribution in [0, 0.1) is 25.9 Å². The molecule has 0 radical (unpaired) electrons. The number of nitrogens with one attached hydrogen (secondary N) is 2. The Morgan fingerprint density at radius 2 is 1.85 bits per heavy atom. The fraction of sp³-hybridized carbons (Fsp3) is 0.343. The Kier molecular flexibility index (Phi) is 11.7. The van der Waals surface area contributed by atoms with Crippen LogP contribution < -0.4 is 15.6 Å². The number of aromatic nitrogens is 1. The van der Waals surface area contributed by atoms with E-state index in [-0.39, 0.29) is 18.5 Å². The highest BCUT2D eigenvalue weighted by atomic mass is 28.3. The van der Waals surface area contributed by atoms with E-state index in [4.69, 9.17) is 22.6 Å². The van der Waals surface area contributed by atoms with Crippen LogP contribution in [0.2, 0.25) is 25.7 Å². The van der Waals surface area contributed by atoms with Crippen molar-refractivity contribution in [3.8, 4) is 5.75 Å².